The third-order valence-electron chi connectivity index (χ3n) is 2.64. The molecule has 1 aromatic carbocycles. The number of hydrogen-bond donors (Lipinski definition) is 1. The molecule has 3 nitrogen and oxygen atoms in total. The van der Waals surface area contributed by atoms with Crippen LogP contribution in [-0.2, 0) is 15.5 Å². The topological polar surface area (TPSA) is 52.3 Å². The summed E-state index contributed by atoms with van der Waals surface area (Å²) in [4.78, 5) is 0.834. The molecule has 0 amide bonds. The van der Waals surface area contributed by atoms with Crippen molar-refractivity contribution >= 4 is 32.4 Å². The zero-order chi connectivity index (χ0) is 11.5. The lowest BCUT2D eigenvalue weighted by atomic mass is 10.2. The van der Waals surface area contributed by atoms with Crippen molar-refractivity contribution in [2.24, 2.45) is 0 Å². The van der Waals surface area contributed by atoms with Crippen molar-refractivity contribution in [1.82, 2.24) is 0 Å². The molecule has 2 N–H and O–H groups in total. The predicted octanol–water partition coefficient (Wildman–Crippen LogP) is 2.32. The van der Waals surface area contributed by atoms with E-state index in [2.05, 4.69) is 15.9 Å². The van der Waals surface area contributed by atoms with Crippen LogP contribution in [-0.4, -0.2) is 22.7 Å². The molecule has 2 rings (SSSR count). The van der Waals surface area contributed by atoms with Crippen LogP contribution in [0.25, 0.3) is 0 Å². The van der Waals surface area contributed by atoms with Crippen molar-refractivity contribution in [3.8, 4) is 0 Å². The average molecular weight is 304 g/mol. The zero-order valence-electron chi connectivity index (χ0n) is 8.82. The molecule has 0 bridgehead atoms. The van der Waals surface area contributed by atoms with Crippen LogP contribution in [0.1, 0.15) is 12.8 Å². The van der Waals surface area contributed by atoms with Crippen LogP contribution < -0.4 is 5.73 Å². The molecule has 1 aliphatic rings. The Hall–Kier alpha value is -0.390. The van der Waals surface area contributed by atoms with Crippen molar-refractivity contribution in [3.63, 3.8) is 0 Å². The summed E-state index contributed by atoms with van der Waals surface area (Å²) < 4.78 is 18.4. The van der Waals surface area contributed by atoms with E-state index in [1.54, 1.807) is 12.1 Å². The van der Waals surface area contributed by atoms with Gasteiger partial charge in [0.2, 0.25) is 0 Å². The Kier molecular flexibility index (Phi) is 4.00. The lowest BCUT2D eigenvalue weighted by Crippen LogP contribution is -2.25. The van der Waals surface area contributed by atoms with Crippen LogP contribution in [0.5, 0.6) is 0 Å². The Labute approximate surface area is 106 Å². The Morgan fingerprint density at radius 1 is 1.38 bits per heavy atom. The number of ether oxygens (including phenoxy) is 1. The van der Waals surface area contributed by atoms with Crippen LogP contribution in [0.2, 0.25) is 0 Å². The number of benzene rings is 1. The number of hydrogen-bond acceptors (Lipinski definition) is 3. The Morgan fingerprint density at radius 2 is 2.06 bits per heavy atom. The first-order chi connectivity index (χ1) is 7.68. The normalized spacial score (nSPS) is 19.6. The molecule has 1 fully saturated rings. The van der Waals surface area contributed by atoms with Crippen LogP contribution in [0.4, 0.5) is 5.69 Å². The van der Waals surface area contributed by atoms with Gasteiger partial charge in [-0.05, 0) is 47.0 Å². The van der Waals surface area contributed by atoms with Crippen LogP contribution in [0, 0.1) is 0 Å². The smallest absolute Gasteiger partial charge is 0.0574 e. The second kappa shape index (κ2) is 5.29. The lowest BCUT2D eigenvalue weighted by molar-refractivity contribution is 0.0992. The minimum absolute atomic E-state index is 0.202. The predicted molar refractivity (Wildman–Crippen MR) is 68.8 cm³/mol. The van der Waals surface area contributed by atoms with E-state index in [4.69, 9.17) is 10.5 Å². The standard InChI is InChI=1S/C11H14BrNO2S/c12-10-7-8(13)1-2-11(10)16(14)9-3-5-15-6-4-9/h1-2,7,9H,3-6,13H2. The monoisotopic (exact) mass is 303 g/mol. The second-order valence-electron chi connectivity index (χ2n) is 3.80. The van der Waals surface area contributed by atoms with Crippen molar-refractivity contribution in [2.45, 2.75) is 23.0 Å². The van der Waals surface area contributed by atoms with Gasteiger partial charge in [0.15, 0.2) is 0 Å². The molecule has 1 heterocycles. The summed E-state index contributed by atoms with van der Waals surface area (Å²) in [5.74, 6) is 0. The molecule has 1 atom stereocenters. The molecule has 1 saturated heterocycles. The zero-order valence-corrected chi connectivity index (χ0v) is 11.2. The highest BCUT2D eigenvalue weighted by molar-refractivity contribution is 9.10. The first-order valence-electron chi connectivity index (χ1n) is 5.22. The Balaban J connectivity index is 2.19. The maximum absolute atomic E-state index is 12.3. The molecule has 0 radical (unpaired) electrons. The second-order valence-corrected chi connectivity index (χ2v) is 6.35. The van der Waals surface area contributed by atoms with E-state index in [0.717, 1.165) is 22.2 Å². The highest BCUT2D eigenvalue weighted by Gasteiger charge is 2.22. The SMILES string of the molecule is Nc1ccc(S(=O)C2CCOCC2)c(Br)c1. The molecule has 0 aromatic heterocycles. The number of rotatable bonds is 2. The van der Waals surface area contributed by atoms with E-state index in [1.165, 1.54) is 0 Å². The summed E-state index contributed by atoms with van der Waals surface area (Å²) in [5, 5.41) is 0.202. The fourth-order valence-electron chi connectivity index (χ4n) is 1.75. The fraction of sp³-hybridized carbons (Fsp3) is 0.455. The quantitative estimate of drug-likeness (QED) is 0.853. The van der Waals surface area contributed by atoms with Crippen LogP contribution >= 0.6 is 15.9 Å². The van der Waals surface area contributed by atoms with E-state index in [1.807, 2.05) is 6.07 Å². The van der Waals surface area contributed by atoms with Gasteiger partial charge in [-0.15, -0.1) is 0 Å². The number of halogens is 1. The van der Waals surface area contributed by atoms with Gasteiger partial charge in [0.1, 0.15) is 0 Å². The van der Waals surface area contributed by atoms with Gasteiger partial charge in [-0.1, -0.05) is 0 Å². The van der Waals surface area contributed by atoms with E-state index in [0.29, 0.717) is 18.9 Å². The highest BCUT2D eigenvalue weighted by atomic mass is 79.9. The fourth-order valence-corrected chi connectivity index (χ4v) is 4.06. The maximum atomic E-state index is 12.3. The van der Waals surface area contributed by atoms with E-state index < -0.39 is 10.8 Å². The Morgan fingerprint density at radius 3 is 2.69 bits per heavy atom. The van der Waals surface area contributed by atoms with Gasteiger partial charge in [0.25, 0.3) is 0 Å². The van der Waals surface area contributed by atoms with E-state index >= 15 is 0 Å². The molecule has 0 saturated carbocycles. The third kappa shape index (κ3) is 2.64. The van der Waals surface area contributed by atoms with Gasteiger partial charge in [0.05, 0.1) is 15.7 Å². The number of anilines is 1. The average Bonchev–Trinajstić information content (AvgIpc) is 2.29. The molecule has 1 aromatic rings. The molecule has 0 spiro atoms. The summed E-state index contributed by atoms with van der Waals surface area (Å²) in [6, 6.07) is 5.43. The summed E-state index contributed by atoms with van der Waals surface area (Å²) >= 11 is 3.41. The lowest BCUT2D eigenvalue weighted by Gasteiger charge is -2.21. The summed E-state index contributed by atoms with van der Waals surface area (Å²) in [6.45, 7) is 1.42. The molecular weight excluding hydrogens is 290 g/mol. The van der Waals surface area contributed by atoms with Crippen molar-refractivity contribution in [2.75, 3.05) is 18.9 Å². The van der Waals surface area contributed by atoms with Crippen LogP contribution in [0.3, 0.4) is 0 Å². The van der Waals surface area contributed by atoms with Gasteiger partial charge in [-0.25, -0.2) is 0 Å². The van der Waals surface area contributed by atoms with Gasteiger partial charge < -0.3 is 10.5 Å². The van der Waals surface area contributed by atoms with Gasteiger partial charge in [-0.3, -0.25) is 4.21 Å². The van der Waals surface area contributed by atoms with Crippen molar-refractivity contribution in [3.05, 3.63) is 22.7 Å². The summed E-state index contributed by atoms with van der Waals surface area (Å²) in [5.41, 5.74) is 6.34. The van der Waals surface area contributed by atoms with E-state index in [9.17, 15) is 4.21 Å². The van der Waals surface area contributed by atoms with E-state index in [-0.39, 0.29) is 5.25 Å². The largest absolute Gasteiger partial charge is 0.399 e. The summed E-state index contributed by atoms with van der Waals surface area (Å²) in [6.07, 6.45) is 1.73. The molecule has 1 unspecified atom stereocenters. The first-order valence-corrected chi connectivity index (χ1v) is 7.22. The van der Waals surface area contributed by atoms with Gasteiger partial charge in [0, 0.05) is 28.6 Å². The van der Waals surface area contributed by atoms with Crippen molar-refractivity contribution < 1.29 is 8.95 Å². The van der Waals surface area contributed by atoms with Gasteiger partial charge >= 0.3 is 0 Å². The number of nitrogen functional groups attached to an aromatic ring is 1. The molecule has 88 valence electrons. The third-order valence-corrected chi connectivity index (χ3v) is 5.43. The molecular formula is C11H14BrNO2S. The molecule has 16 heavy (non-hydrogen) atoms. The summed E-state index contributed by atoms with van der Waals surface area (Å²) in [7, 11) is -0.972. The molecule has 1 aliphatic heterocycles. The van der Waals surface area contributed by atoms with Gasteiger partial charge in [-0.2, -0.15) is 0 Å². The molecule has 5 heteroatoms. The van der Waals surface area contributed by atoms with Crippen LogP contribution in [0.15, 0.2) is 27.6 Å². The molecule has 0 aliphatic carbocycles. The Bertz CT molecular complexity index is 405. The highest BCUT2D eigenvalue weighted by Crippen LogP contribution is 2.27. The minimum Gasteiger partial charge on any atom is -0.399 e. The van der Waals surface area contributed by atoms with Crippen molar-refractivity contribution in [1.29, 1.82) is 0 Å². The first kappa shape index (κ1) is 12.1. The number of nitrogens with two attached hydrogens (primary N) is 1. The maximum Gasteiger partial charge on any atom is 0.0574 e. The minimum atomic E-state index is -0.972.